The molecule has 2 N–H and O–H groups in total. The summed E-state index contributed by atoms with van der Waals surface area (Å²) in [6.45, 7) is 13.5. The quantitative estimate of drug-likeness (QED) is 0.0204. The molecule has 1 heterocycles. The molecule has 0 aromatic heterocycles. The summed E-state index contributed by atoms with van der Waals surface area (Å²) < 4.78 is 33.8. The van der Waals surface area contributed by atoms with Gasteiger partial charge in [-0.15, -0.1) is 6.54 Å². The molecule has 70 heavy (non-hydrogen) atoms. The maximum Gasteiger partial charge on any atom is 0.508 e. The molecule has 0 saturated carbocycles. The van der Waals surface area contributed by atoms with E-state index in [-0.39, 0.29) is 71.5 Å². The zero-order valence-corrected chi connectivity index (χ0v) is 48.4. The van der Waals surface area contributed by atoms with Crippen molar-refractivity contribution in [3.8, 4) is 0 Å². The maximum absolute atomic E-state index is 12.9. The molecule has 13 heteroatoms. The number of nitrogens with zero attached hydrogens (tertiary/aromatic N) is 1. The van der Waals surface area contributed by atoms with Crippen LogP contribution in [-0.4, -0.2) is 106 Å². The number of rotatable bonds is 48. The van der Waals surface area contributed by atoms with Gasteiger partial charge in [-0.3, -0.25) is 9.59 Å². The van der Waals surface area contributed by atoms with Gasteiger partial charge in [0.15, 0.2) is 6.29 Å². The molecule has 1 radical (unpaired) electrons. The number of hydrogen-bond donors (Lipinski definition) is 1. The van der Waals surface area contributed by atoms with E-state index >= 15 is 0 Å². The molecule has 1 saturated heterocycles. The largest absolute Gasteiger partial charge is 0.676 e. The summed E-state index contributed by atoms with van der Waals surface area (Å²) in [4.78, 5) is 40.3. The van der Waals surface area contributed by atoms with Crippen LogP contribution in [0, 0.1) is 5.92 Å². The molecule has 0 aromatic carbocycles. The van der Waals surface area contributed by atoms with Gasteiger partial charge >= 0.3 is 18.1 Å². The van der Waals surface area contributed by atoms with Gasteiger partial charge in [-0.1, -0.05) is 174 Å². The zero-order valence-electron chi connectivity index (χ0n) is 45.6. The number of hydrogen-bond acceptors (Lipinski definition) is 11. The minimum absolute atomic E-state index is 0. The molecule has 1 fully saturated rings. The van der Waals surface area contributed by atoms with E-state index in [1.165, 1.54) is 103 Å². The fourth-order valence-electron chi connectivity index (χ4n) is 7.88. The molecule has 0 aromatic rings. The Bertz CT molecular complexity index is 1170. The van der Waals surface area contributed by atoms with Crippen LogP contribution in [0.5, 0.6) is 0 Å². The van der Waals surface area contributed by atoms with Crippen LogP contribution in [0.1, 0.15) is 240 Å². The molecule has 0 aliphatic carbocycles. The van der Waals surface area contributed by atoms with E-state index in [0.717, 1.165) is 103 Å². The molecular formula is C57H107N2O10Y-. The third-order valence-electron chi connectivity index (χ3n) is 12.3. The SMILES string of the molecule is CCCCC/C=C\C/C=C\CCCCCCCC(=O)OCC(COC(=O)CCC(OCCCCCCCC)OCCCCCCCC)COC(=O)OCC(O)CCCCCC.[NH-]CCN1CCCC1.[Y]. The Morgan fingerprint density at radius 1 is 0.529 bits per heavy atom. The van der Waals surface area contributed by atoms with Gasteiger partial charge < -0.3 is 44.2 Å². The number of carbonyl (C=O) groups excluding carboxylic acids is 3. The second-order valence-electron chi connectivity index (χ2n) is 19.1. The Hall–Kier alpha value is -1.41. The van der Waals surface area contributed by atoms with Crippen LogP contribution >= 0.6 is 0 Å². The van der Waals surface area contributed by atoms with Crippen molar-refractivity contribution in [2.75, 3.05) is 65.8 Å². The summed E-state index contributed by atoms with van der Waals surface area (Å²) in [7, 11) is 0. The standard InChI is InChI=1S/C51H94O10.C6H13N2.Y/c1-5-9-13-17-20-21-22-23-24-25-26-27-28-29-33-37-48(53)58-42-46(44-60-51(55)61-45-47(52)36-32-16-12-8-4)43-59-49(54)38-39-50(56-40-34-30-18-14-10-6-2)57-41-35-31-19-15-11-7-3;7-3-6-8-4-1-2-5-8;/h20-21,23-24,46-47,50,52H,5-19,22,25-45H2,1-4H3;7H,1-6H2;/q;-1;/b21-20-,24-23-;;. The molecule has 1 aliphatic heterocycles. The molecular weight excluding hydrogens is 962 g/mol. The van der Waals surface area contributed by atoms with Crippen LogP contribution in [-0.2, 0) is 70.7 Å². The zero-order chi connectivity index (χ0) is 50.5. The van der Waals surface area contributed by atoms with Crippen molar-refractivity contribution in [1.29, 1.82) is 0 Å². The van der Waals surface area contributed by atoms with Crippen molar-refractivity contribution in [3.05, 3.63) is 30.0 Å². The fraction of sp³-hybridized carbons (Fsp3) is 0.877. The van der Waals surface area contributed by atoms with E-state index in [1.807, 2.05) is 0 Å². The van der Waals surface area contributed by atoms with Gasteiger partial charge in [0.1, 0.15) is 26.4 Å². The van der Waals surface area contributed by atoms with Gasteiger partial charge in [0.05, 0.1) is 18.4 Å². The van der Waals surface area contributed by atoms with Crippen LogP contribution in [0.4, 0.5) is 4.79 Å². The van der Waals surface area contributed by atoms with Crippen molar-refractivity contribution in [2.24, 2.45) is 5.92 Å². The van der Waals surface area contributed by atoms with E-state index in [2.05, 4.69) is 56.9 Å². The maximum atomic E-state index is 12.9. The fourth-order valence-corrected chi connectivity index (χ4v) is 7.88. The number of ether oxygens (including phenoxy) is 6. The Balaban J connectivity index is 0. The van der Waals surface area contributed by atoms with Crippen LogP contribution in [0.3, 0.4) is 0 Å². The van der Waals surface area contributed by atoms with Gasteiger partial charge in [0.25, 0.3) is 0 Å². The summed E-state index contributed by atoms with van der Waals surface area (Å²) in [5.74, 6) is -1.33. The number of nitrogens with one attached hydrogen (secondary N) is 1. The summed E-state index contributed by atoms with van der Waals surface area (Å²) in [5.41, 5.74) is 6.93. The van der Waals surface area contributed by atoms with E-state index in [0.29, 0.717) is 39.0 Å². The first kappa shape index (κ1) is 70.7. The van der Waals surface area contributed by atoms with Crippen molar-refractivity contribution >= 4 is 18.1 Å². The smallest absolute Gasteiger partial charge is 0.508 e. The predicted octanol–water partition coefficient (Wildman–Crippen LogP) is 15.0. The predicted molar refractivity (Wildman–Crippen MR) is 283 cm³/mol. The van der Waals surface area contributed by atoms with Crippen LogP contribution < -0.4 is 0 Å². The van der Waals surface area contributed by atoms with E-state index in [9.17, 15) is 19.5 Å². The third kappa shape index (κ3) is 51.5. The Morgan fingerprint density at radius 3 is 1.53 bits per heavy atom. The second-order valence-corrected chi connectivity index (χ2v) is 19.1. The molecule has 409 valence electrons. The molecule has 1 rings (SSSR count). The summed E-state index contributed by atoms with van der Waals surface area (Å²) in [6, 6.07) is 0. The van der Waals surface area contributed by atoms with Gasteiger partial charge in [-0.25, -0.2) is 4.79 Å². The van der Waals surface area contributed by atoms with Gasteiger partial charge in [0, 0.05) is 58.8 Å². The topological polar surface area (TPSA) is 154 Å². The molecule has 0 amide bonds. The molecule has 1 aliphatic rings. The first-order chi connectivity index (χ1) is 33.8. The van der Waals surface area contributed by atoms with Gasteiger partial charge in [0.2, 0.25) is 0 Å². The van der Waals surface area contributed by atoms with Crippen LogP contribution in [0.25, 0.3) is 5.73 Å². The third-order valence-corrected chi connectivity index (χ3v) is 12.3. The molecule has 0 spiro atoms. The minimum Gasteiger partial charge on any atom is -0.676 e. The Morgan fingerprint density at radius 2 is 0.971 bits per heavy atom. The number of aliphatic hydroxyl groups is 1. The molecule has 0 bridgehead atoms. The van der Waals surface area contributed by atoms with Crippen molar-refractivity contribution < 1.29 is 80.6 Å². The van der Waals surface area contributed by atoms with Crippen molar-refractivity contribution in [1.82, 2.24) is 4.90 Å². The summed E-state index contributed by atoms with van der Waals surface area (Å²) >= 11 is 0. The normalized spacial score (nSPS) is 13.6. The Labute approximate surface area is 454 Å². The average molecular weight is 1070 g/mol. The summed E-state index contributed by atoms with van der Waals surface area (Å²) in [6.07, 6.45) is 41.1. The summed E-state index contributed by atoms with van der Waals surface area (Å²) in [5, 5.41) is 10.2. The van der Waals surface area contributed by atoms with Crippen LogP contribution in [0.15, 0.2) is 24.3 Å². The van der Waals surface area contributed by atoms with Crippen molar-refractivity contribution in [2.45, 2.75) is 252 Å². The number of allylic oxidation sites excluding steroid dienone is 4. The Kier molecular flexibility index (Phi) is 57.4. The van der Waals surface area contributed by atoms with E-state index < -0.39 is 30.4 Å². The second kappa shape index (κ2) is 56.9. The number of aliphatic hydroxyl groups excluding tert-OH is 1. The van der Waals surface area contributed by atoms with Gasteiger partial charge in [-0.2, -0.15) is 0 Å². The van der Waals surface area contributed by atoms with Crippen LogP contribution in [0.2, 0.25) is 0 Å². The van der Waals surface area contributed by atoms with E-state index in [4.69, 9.17) is 34.2 Å². The molecule has 2 unspecified atom stereocenters. The van der Waals surface area contributed by atoms with Crippen molar-refractivity contribution in [3.63, 3.8) is 0 Å². The number of carbonyl (C=O) groups is 3. The minimum atomic E-state index is -0.923. The average Bonchev–Trinajstić information content (AvgIpc) is 3.87. The number of likely N-dealkylation sites (tertiary alicyclic amines) is 1. The first-order valence-electron chi connectivity index (χ1n) is 28.5. The van der Waals surface area contributed by atoms with E-state index in [1.54, 1.807) is 0 Å². The molecule has 12 nitrogen and oxygen atoms in total. The first-order valence-corrected chi connectivity index (χ1v) is 28.5. The monoisotopic (exact) mass is 1070 g/mol. The molecule has 2 atom stereocenters. The number of unbranched alkanes of at least 4 members (excludes halogenated alkanes) is 21. The number of esters is 2. The van der Waals surface area contributed by atoms with Gasteiger partial charge in [-0.05, 0) is 90.3 Å².